The molecular formula is C22H29FN4O3S. The van der Waals surface area contributed by atoms with Crippen LogP contribution in [0.5, 0.6) is 0 Å². The molecule has 1 amide bonds. The summed E-state index contributed by atoms with van der Waals surface area (Å²) >= 11 is 0. The third-order valence-corrected chi connectivity index (χ3v) is 5.14. The van der Waals surface area contributed by atoms with Crippen LogP contribution in [0.15, 0.2) is 53.5 Å². The van der Waals surface area contributed by atoms with Crippen LogP contribution in [0.1, 0.15) is 34.8 Å². The highest BCUT2D eigenvalue weighted by Crippen LogP contribution is 2.15. The van der Waals surface area contributed by atoms with E-state index in [0.29, 0.717) is 48.7 Å². The van der Waals surface area contributed by atoms with E-state index >= 15 is 0 Å². The molecule has 3 N–H and O–H groups in total. The Morgan fingerprint density at radius 1 is 1.00 bits per heavy atom. The highest BCUT2D eigenvalue weighted by Gasteiger charge is 2.11. The largest absolute Gasteiger partial charge is 0.357 e. The van der Waals surface area contributed by atoms with Crippen LogP contribution in [0, 0.1) is 5.82 Å². The maximum Gasteiger partial charge on any atom is 0.251 e. The molecule has 0 aliphatic carbocycles. The van der Waals surface area contributed by atoms with Crippen molar-refractivity contribution in [2.45, 2.75) is 25.6 Å². The third-order valence-electron chi connectivity index (χ3n) is 4.31. The number of aliphatic imine (C=N–C) groups is 1. The molecule has 0 fully saturated rings. The molecule has 0 saturated heterocycles. The number of guanidine groups is 1. The van der Waals surface area contributed by atoms with Gasteiger partial charge >= 0.3 is 0 Å². The lowest BCUT2D eigenvalue weighted by Gasteiger charge is -2.13. The summed E-state index contributed by atoms with van der Waals surface area (Å²) in [6, 6.07) is 13.0. The normalized spacial score (nSPS) is 11.8. The summed E-state index contributed by atoms with van der Waals surface area (Å²) in [5.74, 6) is -0.185. The maximum absolute atomic E-state index is 13.7. The number of hydrogen-bond donors (Lipinski definition) is 3. The van der Waals surface area contributed by atoms with Crippen LogP contribution >= 0.6 is 0 Å². The lowest BCUT2D eigenvalue weighted by atomic mass is 10.1. The molecule has 0 radical (unpaired) electrons. The molecule has 0 unspecified atom stereocenters. The minimum absolute atomic E-state index is 0.120. The Morgan fingerprint density at radius 3 is 2.39 bits per heavy atom. The minimum Gasteiger partial charge on any atom is -0.357 e. The number of carbonyl (C=O) groups excluding carboxylic acids is 1. The van der Waals surface area contributed by atoms with E-state index in [4.69, 9.17) is 0 Å². The summed E-state index contributed by atoms with van der Waals surface area (Å²) in [6.45, 7) is 3.77. The van der Waals surface area contributed by atoms with E-state index in [9.17, 15) is 17.6 Å². The zero-order chi connectivity index (χ0) is 22.7. The van der Waals surface area contributed by atoms with Crippen LogP contribution in [0.2, 0.25) is 0 Å². The van der Waals surface area contributed by atoms with Crippen LogP contribution in [0.3, 0.4) is 0 Å². The van der Waals surface area contributed by atoms with E-state index in [-0.39, 0.29) is 18.2 Å². The average Bonchev–Trinajstić information content (AvgIpc) is 2.73. The smallest absolute Gasteiger partial charge is 0.251 e. The lowest BCUT2D eigenvalue weighted by molar-refractivity contribution is 0.0953. The van der Waals surface area contributed by atoms with E-state index in [1.54, 1.807) is 12.1 Å². The number of nitrogens with one attached hydrogen (secondary N) is 3. The van der Waals surface area contributed by atoms with Crippen LogP contribution in [0.25, 0.3) is 0 Å². The average molecular weight is 449 g/mol. The zero-order valence-corrected chi connectivity index (χ0v) is 18.6. The Hall–Kier alpha value is -2.94. The molecule has 0 atom stereocenters. The molecule has 2 aromatic rings. The van der Waals surface area contributed by atoms with Gasteiger partial charge < -0.3 is 16.0 Å². The number of amides is 1. The van der Waals surface area contributed by atoms with Gasteiger partial charge in [-0.25, -0.2) is 17.8 Å². The van der Waals surface area contributed by atoms with Crippen molar-refractivity contribution in [2.75, 3.05) is 25.9 Å². The number of rotatable bonds is 10. The second kappa shape index (κ2) is 12.0. The monoisotopic (exact) mass is 448 g/mol. The fraction of sp³-hybridized carbons (Fsp3) is 0.364. The summed E-state index contributed by atoms with van der Waals surface area (Å²) < 4.78 is 36.9. The molecule has 2 rings (SSSR count). The van der Waals surface area contributed by atoms with Crippen LogP contribution in [-0.2, 0) is 22.1 Å². The van der Waals surface area contributed by atoms with Crippen molar-refractivity contribution in [1.29, 1.82) is 0 Å². The van der Waals surface area contributed by atoms with Gasteiger partial charge in [0.1, 0.15) is 5.82 Å². The Balaban J connectivity index is 1.89. The molecule has 168 valence electrons. The SMILES string of the molecule is CCNC(=NCc1cc(F)ccc1CS(C)(=O)=O)NCCCNC(=O)c1ccccc1. The van der Waals surface area contributed by atoms with Crippen molar-refractivity contribution in [2.24, 2.45) is 4.99 Å². The summed E-state index contributed by atoms with van der Waals surface area (Å²) in [7, 11) is -3.25. The first-order valence-electron chi connectivity index (χ1n) is 10.1. The number of nitrogens with zero attached hydrogens (tertiary/aromatic N) is 1. The second-order valence-corrected chi connectivity index (χ2v) is 9.22. The number of hydrogen-bond acceptors (Lipinski definition) is 4. The van der Waals surface area contributed by atoms with Gasteiger partial charge in [0, 0.05) is 31.5 Å². The molecule has 7 nitrogen and oxygen atoms in total. The fourth-order valence-electron chi connectivity index (χ4n) is 2.86. The fourth-order valence-corrected chi connectivity index (χ4v) is 3.71. The van der Waals surface area contributed by atoms with Crippen molar-refractivity contribution < 1.29 is 17.6 Å². The topological polar surface area (TPSA) is 99.7 Å². The van der Waals surface area contributed by atoms with Crippen molar-refractivity contribution in [3.63, 3.8) is 0 Å². The van der Waals surface area contributed by atoms with Crippen molar-refractivity contribution >= 4 is 21.7 Å². The second-order valence-electron chi connectivity index (χ2n) is 7.08. The number of benzene rings is 2. The van der Waals surface area contributed by atoms with E-state index < -0.39 is 15.7 Å². The van der Waals surface area contributed by atoms with Gasteiger partial charge in [0.05, 0.1) is 12.3 Å². The van der Waals surface area contributed by atoms with E-state index in [2.05, 4.69) is 20.9 Å². The van der Waals surface area contributed by atoms with Gasteiger partial charge in [-0.2, -0.15) is 0 Å². The maximum atomic E-state index is 13.7. The van der Waals surface area contributed by atoms with Gasteiger partial charge in [0.25, 0.3) is 5.91 Å². The Labute approximate surface area is 183 Å². The molecule has 0 aliphatic heterocycles. The van der Waals surface area contributed by atoms with Gasteiger partial charge in [-0.15, -0.1) is 0 Å². The molecule has 9 heteroatoms. The first-order valence-corrected chi connectivity index (χ1v) is 12.1. The quantitative estimate of drug-likeness (QED) is 0.294. The van der Waals surface area contributed by atoms with Crippen molar-refractivity contribution in [3.8, 4) is 0 Å². The predicted molar refractivity (Wildman–Crippen MR) is 121 cm³/mol. The molecule has 2 aromatic carbocycles. The van der Waals surface area contributed by atoms with Crippen molar-refractivity contribution in [3.05, 3.63) is 71.0 Å². The van der Waals surface area contributed by atoms with Crippen molar-refractivity contribution in [1.82, 2.24) is 16.0 Å². The summed E-state index contributed by atoms with van der Waals surface area (Å²) in [5.41, 5.74) is 1.68. The Morgan fingerprint density at radius 2 is 1.71 bits per heavy atom. The van der Waals surface area contributed by atoms with Gasteiger partial charge in [-0.1, -0.05) is 24.3 Å². The van der Waals surface area contributed by atoms with Gasteiger partial charge in [0.15, 0.2) is 15.8 Å². The predicted octanol–water partition coefficient (Wildman–Crippen LogP) is 2.25. The number of carbonyl (C=O) groups is 1. The molecule has 0 aromatic heterocycles. The minimum atomic E-state index is -3.25. The summed E-state index contributed by atoms with van der Waals surface area (Å²) in [4.78, 5) is 16.5. The summed E-state index contributed by atoms with van der Waals surface area (Å²) in [5, 5.41) is 9.12. The number of halogens is 1. The standard InChI is InChI=1S/C22H29FN4O3S/c1-3-24-22(26-13-7-12-25-21(28)17-8-5-4-6-9-17)27-15-19-14-20(23)11-10-18(19)16-31(2,29)30/h4-6,8-11,14H,3,7,12-13,15-16H2,1-2H3,(H,25,28)(H2,24,26,27). The van der Waals surface area contributed by atoms with Crippen LogP contribution in [-0.4, -0.2) is 46.2 Å². The summed E-state index contributed by atoms with van der Waals surface area (Å²) in [6.07, 6.45) is 1.83. The highest BCUT2D eigenvalue weighted by molar-refractivity contribution is 7.89. The van der Waals surface area contributed by atoms with Crippen LogP contribution < -0.4 is 16.0 Å². The Bertz CT molecular complexity index is 995. The molecule has 0 spiro atoms. The van der Waals surface area contributed by atoms with E-state index in [1.165, 1.54) is 18.2 Å². The van der Waals surface area contributed by atoms with E-state index in [0.717, 1.165) is 6.26 Å². The molecule has 0 heterocycles. The zero-order valence-electron chi connectivity index (χ0n) is 17.8. The molecule has 31 heavy (non-hydrogen) atoms. The van der Waals surface area contributed by atoms with Gasteiger partial charge in [0.2, 0.25) is 0 Å². The first-order chi connectivity index (χ1) is 14.8. The van der Waals surface area contributed by atoms with E-state index in [1.807, 2.05) is 25.1 Å². The number of sulfone groups is 1. The van der Waals surface area contributed by atoms with Gasteiger partial charge in [-0.05, 0) is 48.7 Å². The molecular weight excluding hydrogens is 419 g/mol. The van der Waals surface area contributed by atoms with Gasteiger partial charge in [-0.3, -0.25) is 4.79 Å². The van der Waals surface area contributed by atoms with Crippen LogP contribution in [0.4, 0.5) is 4.39 Å². The molecule has 0 aliphatic rings. The lowest BCUT2D eigenvalue weighted by Crippen LogP contribution is -2.38. The molecule has 0 saturated carbocycles. The molecule has 0 bridgehead atoms. The third kappa shape index (κ3) is 9.17. The first kappa shape index (κ1) is 24.3. The Kier molecular flexibility index (Phi) is 9.45. The highest BCUT2D eigenvalue weighted by atomic mass is 32.2.